The standard InChI is InChI=1S/C24H25NO/c1-16-9-8-12-21(13-16)23(20-10-6-5-7-11-20)25-24(26)22-15-18(3)17(2)14-19(22)4/h5-15,23H,1-4H3,(H,25,26)/t23-/m0/s1. The van der Waals surface area contributed by atoms with Gasteiger partial charge in [0.1, 0.15) is 0 Å². The van der Waals surface area contributed by atoms with Crippen LogP contribution in [0.4, 0.5) is 0 Å². The van der Waals surface area contributed by atoms with Crippen LogP contribution in [0.15, 0.2) is 66.7 Å². The number of rotatable bonds is 4. The van der Waals surface area contributed by atoms with Gasteiger partial charge in [-0.05, 0) is 61.6 Å². The van der Waals surface area contributed by atoms with E-state index in [1.54, 1.807) is 0 Å². The molecule has 132 valence electrons. The van der Waals surface area contributed by atoms with Crippen molar-refractivity contribution in [3.8, 4) is 0 Å². The minimum absolute atomic E-state index is 0.0408. The summed E-state index contributed by atoms with van der Waals surface area (Å²) in [4.78, 5) is 13.1. The van der Waals surface area contributed by atoms with Crippen molar-refractivity contribution >= 4 is 5.91 Å². The van der Waals surface area contributed by atoms with Crippen molar-refractivity contribution in [1.29, 1.82) is 0 Å². The van der Waals surface area contributed by atoms with Crippen LogP contribution < -0.4 is 5.32 Å². The second-order valence-electron chi connectivity index (χ2n) is 6.98. The van der Waals surface area contributed by atoms with Gasteiger partial charge in [0, 0.05) is 5.56 Å². The quantitative estimate of drug-likeness (QED) is 0.671. The van der Waals surface area contributed by atoms with E-state index in [9.17, 15) is 4.79 Å². The average Bonchev–Trinajstić information content (AvgIpc) is 2.63. The van der Waals surface area contributed by atoms with E-state index in [0.717, 1.165) is 27.8 Å². The number of nitrogens with one attached hydrogen (secondary N) is 1. The fourth-order valence-corrected chi connectivity index (χ4v) is 3.27. The second-order valence-corrected chi connectivity index (χ2v) is 6.98. The highest BCUT2D eigenvalue weighted by molar-refractivity contribution is 5.96. The lowest BCUT2D eigenvalue weighted by molar-refractivity contribution is 0.0942. The van der Waals surface area contributed by atoms with Crippen LogP contribution in [0.5, 0.6) is 0 Å². The van der Waals surface area contributed by atoms with Crippen LogP contribution in [0.25, 0.3) is 0 Å². The molecular formula is C24H25NO. The number of carbonyl (C=O) groups is 1. The van der Waals surface area contributed by atoms with Gasteiger partial charge in [0.05, 0.1) is 6.04 Å². The Morgan fingerprint density at radius 3 is 2.08 bits per heavy atom. The fourth-order valence-electron chi connectivity index (χ4n) is 3.27. The number of benzene rings is 3. The van der Waals surface area contributed by atoms with Crippen molar-refractivity contribution in [3.05, 3.63) is 106 Å². The predicted octanol–water partition coefficient (Wildman–Crippen LogP) is 5.44. The van der Waals surface area contributed by atoms with E-state index in [-0.39, 0.29) is 11.9 Å². The van der Waals surface area contributed by atoms with Crippen LogP contribution in [-0.4, -0.2) is 5.91 Å². The van der Waals surface area contributed by atoms with Gasteiger partial charge in [0.15, 0.2) is 0 Å². The van der Waals surface area contributed by atoms with E-state index < -0.39 is 0 Å². The van der Waals surface area contributed by atoms with Gasteiger partial charge in [-0.25, -0.2) is 0 Å². The molecule has 1 N–H and O–H groups in total. The lowest BCUT2D eigenvalue weighted by Gasteiger charge is -2.21. The summed E-state index contributed by atoms with van der Waals surface area (Å²) in [7, 11) is 0. The van der Waals surface area contributed by atoms with E-state index in [0.29, 0.717) is 0 Å². The van der Waals surface area contributed by atoms with Crippen molar-refractivity contribution in [2.45, 2.75) is 33.7 Å². The number of carbonyl (C=O) groups excluding carboxylic acids is 1. The molecule has 0 spiro atoms. The maximum absolute atomic E-state index is 13.1. The molecule has 3 rings (SSSR count). The normalized spacial score (nSPS) is 11.8. The average molecular weight is 343 g/mol. The summed E-state index contributed by atoms with van der Waals surface area (Å²) in [5.74, 6) is -0.0408. The lowest BCUT2D eigenvalue weighted by atomic mass is 9.95. The van der Waals surface area contributed by atoms with Gasteiger partial charge in [-0.3, -0.25) is 4.79 Å². The van der Waals surface area contributed by atoms with Crippen LogP contribution in [0, 0.1) is 27.7 Å². The minimum Gasteiger partial charge on any atom is -0.341 e. The van der Waals surface area contributed by atoms with Crippen LogP contribution in [-0.2, 0) is 0 Å². The first-order valence-electron chi connectivity index (χ1n) is 8.96. The largest absolute Gasteiger partial charge is 0.341 e. The molecule has 0 bridgehead atoms. The topological polar surface area (TPSA) is 29.1 Å². The zero-order valence-electron chi connectivity index (χ0n) is 15.8. The molecule has 2 heteroatoms. The molecule has 3 aromatic rings. The number of amides is 1. The Hall–Kier alpha value is -2.87. The Balaban J connectivity index is 1.99. The maximum Gasteiger partial charge on any atom is 0.252 e. The molecule has 0 unspecified atom stereocenters. The Morgan fingerprint density at radius 2 is 1.38 bits per heavy atom. The highest BCUT2D eigenvalue weighted by atomic mass is 16.1. The Kier molecular flexibility index (Phi) is 5.22. The minimum atomic E-state index is -0.176. The summed E-state index contributed by atoms with van der Waals surface area (Å²) in [5.41, 5.74) is 7.42. The van der Waals surface area contributed by atoms with Gasteiger partial charge >= 0.3 is 0 Å². The molecule has 2 nitrogen and oxygen atoms in total. The first-order valence-corrected chi connectivity index (χ1v) is 8.96. The van der Waals surface area contributed by atoms with E-state index >= 15 is 0 Å². The van der Waals surface area contributed by atoms with Crippen LogP contribution in [0.1, 0.15) is 49.8 Å². The van der Waals surface area contributed by atoms with Gasteiger partial charge in [0.25, 0.3) is 5.91 Å². The van der Waals surface area contributed by atoms with E-state index in [4.69, 9.17) is 0 Å². The summed E-state index contributed by atoms with van der Waals surface area (Å²) in [6.07, 6.45) is 0. The molecule has 0 fully saturated rings. The SMILES string of the molecule is Cc1cccc([C@@H](NC(=O)c2cc(C)c(C)cc2C)c2ccccc2)c1. The molecule has 3 aromatic carbocycles. The summed E-state index contributed by atoms with van der Waals surface area (Å²) < 4.78 is 0. The van der Waals surface area contributed by atoms with Crippen LogP contribution >= 0.6 is 0 Å². The van der Waals surface area contributed by atoms with Gasteiger partial charge in [-0.2, -0.15) is 0 Å². The van der Waals surface area contributed by atoms with Crippen molar-refractivity contribution in [2.24, 2.45) is 0 Å². The van der Waals surface area contributed by atoms with Crippen molar-refractivity contribution in [2.75, 3.05) is 0 Å². The third-order valence-electron chi connectivity index (χ3n) is 4.87. The third-order valence-corrected chi connectivity index (χ3v) is 4.87. The molecule has 1 atom stereocenters. The molecule has 0 heterocycles. The maximum atomic E-state index is 13.1. The summed E-state index contributed by atoms with van der Waals surface area (Å²) in [6, 6.07) is 22.3. The summed E-state index contributed by atoms with van der Waals surface area (Å²) in [5, 5.41) is 3.24. The van der Waals surface area contributed by atoms with E-state index in [1.165, 1.54) is 11.1 Å². The highest BCUT2D eigenvalue weighted by Crippen LogP contribution is 2.24. The third kappa shape index (κ3) is 3.85. The molecule has 0 aliphatic heterocycles. The van der Waals surface area contributed by atoms with Gasteiger partial charge in [0.2, 0.25) is 0 Å². The van der Waals surface area contributed by atoms with Gasteiger partial charge < -0.3 is 5.32 Å². The first kappa shape index (κ1) is 17.9. The Bertz CT molecular complexity index is 928. The molecule has 0 aliphatic carbocycles. The fraction of sp³-hybridized carbons (Fsp3) is 0.208. The van der Waals surface area contributed by atoms with E-state index in [2.05, 4.69) is 55.6 Å². The lowest BCUT2D eigenvalue weighted by Crippen LogP contribution is -2.30. The van der Waals surface area contributed by atoms with Gasteiger partial charge in [-0.15, -0.1) is 0 Å². The molecule has 0 saturated heterocycles. The first-order chi connectivity index (χ1) is 12.5. The number of aryl methyl sites for hydroxylation is 4. The molecule has 0 saturated carbocycles. The molecule has 0 aromatic heterocycles. The summed E-state index contributed by atoms with van der Waals surface area (Å²) >= 11 is 0. The monoisotopic (exact) mass is 343 g/mol. The number of hydrogen-bond acceptors (Lipinski definition) is 1. The summed E-state index contributed by atoms with van der Waals surface area (Å²) in [6.45, 7) is 8.18. The van der Waals surface area contributed by atoms with Crippen molar-refractivity contribution in [1.82, 2.24) is 5.32 Å². The highest BCUT2D eigenvalue weighted by Gasteiger charge is 2.19. The smallest absolute Gasteiger partial charge is 0.252 e. The molecule has 0 aliphatic rings. The molecule has 26 heavy (non-hydrogen) atoms. The molecule has 1 amide bonds. The number of hydrogen-bond donors (Lipinski definition) is 1. The van der Waals surface area contributed by atoms with Crippen molar-refractivity contribution < 1.29 is 4.79 Å². The van der Waals surface area contributed by atoms with E-state index in [1.807, 2.05) is 44.2 Å². The van der Waals surface area contributed by atoms with Crippen LogP contribution in [0.3, 0.4) is 0 Å². The zero-order valence-corrected chi connectivity index (χ0v) is 15.8. The van der Waals surface area contributed by atoms with Crippen LogP contribution in [0.2, 0.25) is 0 Å². The second kappa shape index (κ2) is 7.57. The van der Waals surface area contributed by atoms with Gasteiger partial charge in [-0.1, -0.05) is 66.2 Å². The Morgan fingerprint density at radius 1 is 0.731 bits per heavy atom. The molecule has 0 radical (unpaired) electrons. The predicted molar refractivity (Wildman–Crippen MR) is 108 cm³/mol. The van der Waals surface area contributed by atoms with Crippen molar-refractivity contribution in [3.63, 3.8) is 0 Å². The Labute approximate surface area is 155 Å². The molecular weight excluding hydrogens is 318 g/mol. The zero-order chi connectivity index (χ0) is 18.7.